The van der Waals surface area contributed by atoms with Crippen molar-refractivity contribution in [3.63, 3.8) is 0 Å². The van der Waals surface area contributed by atoms with Crippen LogP contribution in [0.25, 0.3) is 0 Å². The maximum Gasteiger partial charge on any atom is 1.00 e. The van der Waals surface area contributed by atoms with Crippen LogP contribution in [0.3, 0.4) is 0 Å². The Kier molecular flexibility index (Phi) is 24.9. The molecule has 2 aromatic carbocycles. The van der Waals surface area contributed by atoms with Gasteiger partial charge in [0.25, 0.3) is 20.2 Å². The predicted octanol–water partition coefficient (Wildman–Crippen LogP) is -3.48. The van der Waals surface area contributed by atoms with Crippen LogP contribution in [0.4, 0.5) is 11.4 Å². The summed E-state index contributed by atoms with van der Waals surface area (Å²) in [5, 5.41) is 0. The summed E-state index contributed by atoms with van der Waals surface area (Å²) in [6.07, 6.45) is 12.3. The van der Waals surface area contributed by atoms with Gasteiger partial charge in [-0.3, -0.25) is 23.5 Å². The number of allylic oxidation sites excluding steroid dienone is 6. The number of hydrogen-bond donors (Lipinski definition) is 2. The number of carbonyl (C=O) groups is 3. The molecule has 68 heavy (non-hydrogen) atoms. The zero-order valence-electron chi connectivity index (χ0n) is 40.1. The monoisotopic (exact) mass is 1030 g/mol. The number of esters is 1. The Bertz CT molecular complexity index is 2600. The number of carbonyl (C=O) groups excluding carboxylic acids is 3. The molecular weight excluding hydrogens is 974 g/mol. The Morgan fingerprint density at radius 3 is 2.03 bits per heavy atom. The van der Waals surface area contributed by atoms with Crippen LogP contribution in [-0.2, 0) is 69.8 Å². The van der Waals surface area contributed by atoms with Gasteiger partial charge in [-0.25, -0.2) is 8.42 Å². The molecule has 0 bridgehead atoms. The van der Waals surface area contributed by atoms with E-state index < -0.39 is 59.0 Å². The van der Waals surface area contributed by atoms with Crippen LogP contribution in [-0.4, -0.2) is 119 Å². The Morgan fingerprint density at radius 2 is 1.41 bits per heavy atom. The van der Waals surface area contributed by atoms with Crippen molar-refractivity contribution in [3.05, 3.63) is 83.6 Å². The number of benzene rings is 2. The molecule has 0 aromatic heterocycles. The molecule has 5 rings (SSSR count). The molecule has 2 aliphatic heterocycles. The van der Waals surface area contributed by atoms with Crippen molar-refractivity contribution < 1.29 is 161 Å². The average Bonchev–Trinajstić information content (AvgIpc) is 3.76. The summed E-state index contributed by atoms with van der Waals surface area (Å²) in [6, 6.07) is 8.61. The van der Waals surface area contributed by atoms with Crippen molar-refractivity contribution >= 4 is 65.0 Å². The van der Waals surface area contributed by atoms with Crippen molar-refractivity contribution in [2.45, 2.75) is 111 Å². The quantitative estimate of drug-likeness (QED) is 0.0197. The maximum absolute atomic E-state index is 12.3. The molecule has 1 saturated carbocycles. The van der Waals surface area contributed by atoms with Crippen LogP contribution in [0.1, 0.15) is 95.6 Å². The minimum absolute atomic E-state index is 0. The molecule has 0 spiro atoms. The van der Waals surface area contributed by atoms with Crippen LogP contribution < -0.4 is 93.6 Å². The number of rotatable bonds is 24. The van der Waals surface area contributed by atoms with Gasteiger partial charge in [0, 0.05) is 81.1 Å². The SMILES string of the molecule is COCC[N+]1=C(/C=C/C=C/C=C2/N(CCCCCCCC(=O)OC3C(=O)CCC3=O)c3ccc(S(=O)(=O)[O-])cc3C2(C)CCOC)C(C)(CCCS(=O)(=O)O)c2cc(S(=O)(=O)O)ccc21.[Na+].[Na+].[Na+]. The standard InChI is InChI=1S/C45H58N2O15S3.3Na/c1-44(23-13-29-63(51,52)53)34-30-32(64(54,55)56)18-20-37(34)47(26-28-61-4)40(44)14-9-8-10-15-41-45(2,24-27-60-3)35-31-33(65(57,58)59)17-19-36(35)46(41)25-12-7-5-6-11-16-42(50)62-43-38(48)21-22-39(43)49;;;/h8-10,14-15,17-20,30-31,43H,5-7,11-13,16,21-29H2,1-4H3,(H2-,51,52,53,54,55,56,57,58,59);;;/q;3*+1. The number of Topliss-reactive ketones (excluding diaryl/α,β-unsaturated/α-hetero) is 2. The first kappa shape index (κ1) is 62.7. The van der Waals surface area contributed by atoms with Gasteiger partial charge in [-0.05, 0) is 87.9 Å². The largest absolute Gasteiger partial charge is 1.00 e. The molecule has 0 radical (unpaired) electrons. The number of fused-ring (bicyclic) bond motifs is 2. The van der Waals surface area contributed by atoms with Crippen molar-refractivity contribution in [1.29, 1.82) is 0 Å². The summed E-state index contributed by atoms with van der Waals surface area (Å²) in [5.41, 5.74) is 2.31. The smallest absolute Gasteiger partial charge is 0.744 e. The zero-order chi connectivity index (χ0) is 47.8. The molecule has 1 fully saturated rings. The molecule has 23 heteroatoms. The summed E-state index contributed by atoms with van der Waals surface area (Å²) in [6.45, 7) is 5.28. The van der Waals surface area contributed by atoms with Gasteiger partial charge in [0.15, 0.2) is 23.8 Å². The van der Waals surface area contributed by atoms with Gasteiger partial charge in [0.1, 0.15) is 16.7 Å². The van der Waals surface area contributed by atoms with E-state index in [0.29, 0.717) is 67.9 Å². The summed E-state index contributed by atoms with van der Waals surface area (Å²) in [4.78, 5) is 37.4. The van der Waals surface area contributed by atoms with E-state index in [2.05, 4.69) is 4.90 Å². The molecule has 2 heterocycles. The second-order valence-electron chi connectivity index (χ2n) is 16.9. The molecule has 2 atom stereocenters. The molecule has 2 unspecified atom stereocenters. The van der Waals surface area contributed by atoms with Gasteiger partial charge in [0.05, 0.1) is 21.0 Å². The second-order valence-corrected chi connectivity index (χ2v) is 21.3. The molecule has 3 aliphatic rings. The molecule has 2 N–H and O–H groups in total. The number of ketones is 2. The van der Waals surface area contributed by atoms with E-state index in [1.54, 1.807) is 31.4 Å². The summed E-state index contributed by atoms with van der Waals surface area (Å²) >= 11 is 0. The fraction of sp³-hybridized carbons (Fsp3) is 0.511. The van der Waals surface area contributed by atoms with Gasteiger partial charge in [0.2, 0.25) is 11.8 Å². The van der Waals surface area contributed by atoms with Crippen molar-refractivity contribution in [3.8, 4) is 0 Å². The number of unbranched alkanes of at least 4 members (excludes halogenated alkanes) is 4. The molecule has 2 aromatic rings. The van der Waals surface area contributed by atoms with E-state index in [1.165, 1.54) is 31.4 Å². The second kappa shape index (κ2) is 27.0. The molecule has 1 aliphatic carbocycles. The Balaban J connectivity index is 0.00000529. The van der Waals surface area contributed by atoms with Gasteiger partial charge in [-0.2, -0.15) is 21.4 Å². The van der Waals surface area contributed by atoms with Crippen molar-refractivity contribution in [2.24, 2.45) is 0 Å². The Labute approximate surface area is 466 Å². The van der Waals surface area contributed by atoms with Crippen molar-refractivity contribution in [2.75, 3.05) is 51.2 Å². The van der Waals surface area contributed by atoms with E-state index >= 15 is 0 Å². The van der Waals surface area contributed by atoms with Gasteiger partial charge in [-0.1, -0.05) is 37.5 Å². The molecule has 356 valence electrons. The van der Waals surface area contributed by atoms with E-state index in [9.17, 15) is 53.3 Å². The van der Waals surface area contributed by atoms with Gasteiger partial charge >= 0.3 is 94.6 Å². The third-order valence-electron chi connectivity index (χ3n) is 12.4. The van der Waals surface area contributed by atoms with Crippen molar-refractivity contribution in [1.82, 2.24) is 0 Å². The van der Waals surface area contributed by atoms with E-state index in [0.717, 1.165) is 24.2 Å². The first-order chi connectivity index (χ1) is 30.5. The first-order valence-electron chi connectivity index (χ1n) is 21.4. The molecular formula is C45H58N2Na3O15S3+3. The summed E-state index contributed by atoms with van der Waals surface area (Å²) in [7, 11) is -10.6. The Morgan fingerprint density at radius 1 is 0.794 bits per heavy atom. The minimum Gasteiger partial charge on any atom is -0.744 e. The number of nitrogens with zero attached hydrogens (tertiary/aromatic N) is 2. The molecule has 0 amide bonds. The topological polar surface area (TPSA) is 251 Å². The number of hydrogen-bond acceptors (Lipinski definition) is 14. The average molecular weight is 1030 g/mol. The fourth-order valence-electron chi connectivity index (χ4n) is 8.92. The summed E-state index contributed by atoms with van der Waals surface area (Å²) < 4.78 is 122. The molecule has 0 saturated heterocycles. The van der Waals surface area contributed by atoms with Crippen LogP contribution in [0.15, 0.2) is 82.3 Å². The predicted molar refractivity (Wildman–Crippen MR) is 240 cm³/mol. The van der Waals surface area contributed by atoms with E-state index in [4.69, 9.17) is 14.2 Å². The van der Waals surface area contributed by atoms with E-state index in [-0.39, 0.29) is 149 Å². The van der Waals surface area contributed by atoms with Crippen LogP contribution >= 0.6 is 0 Å². The van der Waals surface area contributed by atoms with Crippen LogP contribution in [0, 0.1) is 0 Å². The maximum atomic E-state index is 12.3. The zero-order valence-corrected chi connectivity index (χ0v) is 48.5. The third kappa shape index (κ3) is 15.8. The number of anilines is 1. The van der Waals surface area contributed by atoms with Gasteiger partial charge in [-0.15, -0.1) is 0 Å². The normalized spacial score (nSPS) is 20.2. The minimum atomic E-state index is -4.78. The Hall–Kier alpha value is -1.41. The molecule has 17 nitrogen and oxygen atoms in total. The van der Waals surface area contributed by atoms with Crippen LogP contribution in [0.5, 0.6) is 0 Å². The summed E-state index contributed by atoms with van der Waals surface area (Å²) in [5.74, 6) is -1.83. The van der Waals surface area contributed by atoms with E-state index in [1.807, 2.05) is 36.7 Å². The third-order valence-corrected chi connectivity index (χ3v) is 14.8. The van der Waals surface area contributed by atoms with Gasteiger partial charge < -0.3 is 23.7 Å². The number of methoxy groups -OCH3 is 2. The fourth-order valence-corrected chi connectivity index (χ4v) is 10.4. The first-order valence-corrected chi connectivity index (χ1v) is 25.9. The van der Waals surface area contributed by atoms with Crippen LogP contribution in [0.2, 0.25) is 0 Å². The number of ether oxygens (including phenoxy) is 3.